The number of rotatable bonds is 5. The van der Waals surface area contributed by atoms with Crippen molar-refractivity contribution in [2.24, 2.45) is 0 Å². The predicted octanol–water partition coefficient (Wildman–Crippen LogP) is 4.33. The molecule has 7 nitrogen and oxygen atoms in total. The molecule has 32 heavy (non-hydrogen) atoms. The van der Waals surface area contributed by atoms with Gasteiger partial charge >= 0.3 is 0 Å². The Labute approximate surface area is 183 Å². The van der Waals surface area contributed by atoms with Crippen molar-refractivity contribution in [1.29, 1.82) is 0 Å². The summed E-state index contributed by atoms with van der Waals surface area (Å²) in [5.74, 6) is -0.325. The third-order valence-corrected chi connectivity index (χ3v) is 5.47. The maximum atomic E-state index is 12.8. The third-order valence-electron chi connectivity index (χ3n) is 5.47. The van der Waals surface area contributed by atoms with Gasteiger partial charge in [0.25, 0.3) is 11.5 Å². The van der Waals surface area contributed by atoms with Gasteiger partial charge in [0.05, 0.1) is 35.2 Å². The summed E-state index contributed by atoms with van der Waals surface area (Å²) in [6, 6.07) is 19.4. The van der Waals surface area contributed by atoms with Crippen molar-refractivity contribution in [1.82, 2.24) is 19.7 Å². The van der Waals surface area contributed by atoms with Crippen LogP contribution in [0.2, 0.25) is 0 Å². The zero-order valence-corrected chi connectivity index (χ0v) is 17.4. The predicted molar refractivity (Wildman–Crippen MR) is 125 cm³/mol. The van der Waals surface area contributed by atoms with Gasteiger partial charge in [-0.1, -0.05) is 42.5 Å². The Bertz CT molecular complexity index is 1460. The van der Waals surface area contributed by atoms with Crippen LogP contribution in [0.4, 0.5) is 5.69 Å². The smallest absolute Gasteiger partial charge is 0.257 e. The number of H-pyrrole nitrogens is 2. The van der Waals surface area contributed by atoms with Crippen molar-refractivity contribution >= 4 is 22.5 Å². The van der Waals surface area contributed by atoms with Crippen LogP contribution in [-0.4, -0.2) is 25.7 Å². The highest BCUT2D eigenvalue weighted by atomic mass is 16.2. The molecule has 158 valence electrons. The van der Waals surface area contributed by atoms with Crippen molar-refractivity contribution in [2.75, 3.05) is 5.32 Å². The average molecular weight is 423 g/mol. The maximum absolute atomic E-state index is 12.8. The van der Waals surface area contributed by atoms with Crippen LogP contribution >= 0.6 is 0 Å². The zero-order valence-electron chi connectivity index (χ0n) is 17.4. The van der Waals surface area contributed by atoms with Crippen LogP contribution in [0.15, 0.2) is 84.0 Å². The minimum absolute atomic E-state index is 0.265. The molecular weight excluding hydrogens is 402 g/mol. The molecule has 0 unspecified atom stereocenters. The number of para-hydroxylation sites is 1. The van der Waals surface area contributed by atoms with Gasteiger partial charge in [0, 0.05) is 23.3 Å². The topological polar surface area (TPSA) is 95.6 Å². The van der Waals surface area contributed by atoms with E-state index in [0.717, 1.165) is 16.5 Å². The van der Waals surface area contributed by atoms with E-state index in [1.54, 1.807) is 23.1 Å². The third kappa shape index (κ3) is 3.83. The second-order valence-electron chi connectivity index (χ2n) is 7.71. The van der Waals surface area contributed by atoms with E-state index in [2.05, 4.69) is 39.4 Å². The summed E-state index contributed by atoms with van der Waals surface area (Å²) in [6.45, 7) is 2.67. The SMILES string of the molecule is Cc1ccccc1Cn1cc(NC(=O)c2c[nH]c(=O)c(-c3cc4ccccc4[nH]3)c2)cn1. The second-order valence-corrected chi connectivity index (χ2v) is 7.71. The highest BCUT2D eigenvalue weighted by Crippen LogP contribution is 2.22. The number of nitrogens with one attached hydrogen (secondary N) is 3. The Morgan fingerprint density at radius 1 is 1.09 bits per heavy atom. The molecule has 3 heterocycles. The number of benzene rings is 2. The standard InChI is InChI=1S/C25H21N5O2/c1-16-6-2-3-8-18(16)14-30-15-20(13-27-30)28-24(31)19-10-21(25(32)26-12-19)23-11-17-7-4-5-9-22(17)29-23/h2-13,15,29H,14H2,1H3,(H,26,32)(H,28,31). The first-order chi connectivity index (χ1) is 15.6. The molecule has 0 atom stereocenters. The first kappa shape index (κ1) is 19.6. The quantitative estimate of drug-likeness (QED) is 0.393. The molecule has 1 amide bonds. The van der Waals surface area contributed by atoms with E-state index in [9.17, 15) is 9.59 Å². The summed E-state index contributed by atoms with van der Waals surface area (Å²) in [6.07, 6.45) is 4.82. The molecule has 5 aromatic rings. The lowest BCUT2D eigenvalue weighted by atomic mass is 10.1. The first-order valence-corrected chi connectivity index (χ1v) is 10.3. The molecule has 2 aromatic carbocycles. The number of fused-ring (bicyclic) bond motifs is 1. The minimum Gasteiger partial charge on any atom is -0.354 e. The van der Waals surface area contributed by atoms with Gasteiger partial charge in [-0.3, -0.25) is 14.3 Å². The van der Waals surface area contributed by atoms with Gasteiger partial charge in [-0.15, -0.1) is 0 Å². The fraction of sp³-hybridized carbons (Fsp3) is 0.0800. The van der Waals surface area contributed by atoms with E-state index in [1.807, 2.05) is 42.5 Å². The van der Waals surface area contributed by atoms with Crippen LogP contribution in [0.5, 0.6) is 0 Å². The van der Waals surface area contributed by atoms with Crippen LogP contribution in [0.25, 0.3) is 22.2 Å². The summed E-state index contributed by atoms with van der Waals surface area (Å²) in [7, 11) is 0. The molecule has 5 rings (SSSR count). The lowest BCUT2D eigenvalue weighted by molar-refractivity contribution is 0.102. The molecule has 0 aliphatic carbocycles. The van der Waals surface area contributed by atoms with Gasteiger partial charge in [-0.2, -0.15) is 5.10 Å². The summed E-state index contributed by atoms with van der Waals surface area (Å²) in [5, 5.41) is 8.19. The highest BCUT2D eigenvalue weighted by Gasteiger charge is 2.13. The molecule has 0 saturated carbocycles. The van der Waals surface area contributed by atoms with E-state index in [1.165, 1.54) is 11.8 Å². The number of hydrogen-bond donors (Lipinski definition) is 3. The molecule has 0 radical (unpaired) electrons. The van der Waals surface area contributed by atoms with Crippen molar-refractivity contribution < 1.29 is 4.79 Å². The van der Waals surface area contributed by atoms with E-state index < -0.39 is 0 Å². The second kappa shape index (κ2) is 8.03. The van der Waals surface area contributed by atoms with Crippen LogP contribution in [0.3, 0.4) is 0 Å². The van der Waals surface area contributed by atoms with Gasteiger partial charge in [0.15, 0.2) is 0 Å². The van der Waals surface area contributed by atoms with Crippen LogP contribution < -0.4 is 10.9 Å². The number of amides is 1. The number of aryl methyl sites for hydroxylation is 1. The monoisotopic (exact) mass is 423 g/mol. The molecule has 3 aromatic heterocycles. The molecule has 0 fully saturated rings. The van der Waals surface area contributed by atoms with E-state index in [0.29, 0.717) is 29.1 Å². The number of hydrogen-bond acceptors (Lipinski definition) is 3. The lowest BCUT2D eigenvalue weighted by Gasteiger charge is -2.06. The lowest BCUT2D eigenvalue weighted by Crippen LogP contribution is -2.16. The van der Waals surface area contributed by atoms with Gasteiger partial charge < -0.3 is 15.3 Å². The molecule has 0 aliphatic rings. The molecule has 0 spiro atoms. The zero-order chi connectivity index (χ0) is 22.1. The summed E-state index contributed by atoms with van der Waals surface area (Å²) >= 11 is 0. The van der Waals surface area contributed by atoms with Crippen LogP contribution in [0.1, 0.15) is 21.5 Å². The van der Waals surface area contributed by atoms with Gasteiger partial charge in [-0.25, -0.2) is 0 Å². The number of carbonyl (C=O) groups is 1. The van der Waals surface area contributed by atoms with E-state index >= 15 is 0 Å². The Hall–Kier alpha value is -4.39. The van der Waals surface area contributed by atoms with Crippen molar-refractivity contribution in [3.63, 3.8) is 0 Å². The largest absolute Gasteiger partial charge is 0.354 e. The van der Waals surface area contributed by atoms with Crippen LogP contribution in [-0.2, 0) is 6.54 Å². The Balaban J connectivity index is 1.36. The summed E-state index contributed by atoms with van der Waals surface area (Å²) in [5.41, 5.74) is 5.02. The molecule has 3 N–H and O–H groups in total. The Morgan fingerprint density at radius 3 is 2.75 bits per heavy atom. The number of pyridine rings is 1. The normalized spacial score (nSPS) is 11.0. The maximum Gasteiger partial charge on any atom is 0.257 e. The number of nitrogens with zero attached hydrogens (tertiary/aromatic N) is 2. The Kier molecular flexibility index (Phi) is 4.91. The molecule has 0 bridgehead atoms. The van der Waals surface area contributed by atoms with E-state index in [4.69, 9.17) is 0 Å². The number of anilines is 1. The van der Waals surface area contributed by atoms with E-state index in [-0.39, 0.29) is 11.5 Å². The fourth-order valence-corrected chi connectivity index (χ4v) is 3.71. The van der Waals surface area contributed by atoms with Crippen molar-refractivity contribution in [3.8, 4) is 11.3 Å². The Morgan fingerprint density at radius 2 is 1.91 bits per heavy atom. The van der Waals surface area contributed by atoms with Crippen molar-refractivity contribution in [3.05, 3.63) is 106 Å². The summed E-state index contributed by atoms with van der Waals surface area (Å²) in [4.78, 5) is 31.1. The first-order valence-electron chi connectivity index (χ1n) is 10.3. The minimum atomic E-state index is -0.325. The summed E-state index contributed by atoms with van der Waals surface area (Å²) < 4.78 is 1.78. The number of aromatic amines is 2. The molecular formula is C25H21N5O2. The number of aromatic nitrogens is 4. The fourth-order valence-electron chi connectivity index (χ4n) is 3.71. The van der Waals surface area contributed by atoms with Crippen molar-refractivity contribution in [2.45, 2.75) is 13.5 Å². The van der Waals surface area contributed by atoms with Gasteiger partial charge in [0.1, 0.15) is 0 Å². The molecule has 7 heteroatoms. The highest BCUT2D eigenvalue weighted by molar-refractivity contribution is 6.04. The molecule has 0 saturated heterocycles. The van der Waals surface area contributed by atoms with Gasteiger partial charge in [-0.05, 0) is 36.2 Å². The number of carbonyl (C=O) groups excluding carboxylic acids is 1. The average Bonchev–Trinajstić information content (AvgIpc) is 3.42. The van der Waals surface area contributed by atoms with Gasteiger partial charge in [0.2, 0.25) is 0 Å². The van der Waals surface area contributed by atoms with Crippen LogP contribution in [0, 0.1) is 6.92 Å². The molecule has 0 aliphatic heterocycles.